The largest absolute Gasteiger partial charge is 0.481 e. The molecule has 1 aromatic rings. The van der Waals surface area contributed by atoms with E-state index < -0.39 is 17.7 Å². The molecule has 1 unspecified atom stereocenters. The third-order valence-corrected chi connectivity index (χ3v) is 2.97. The molecule has 2 N–H and O–H groups in total. The lowest BCUT2D eigenvalue weighted by Gasteiger charge is -2.19. The Morgan fingerprint density at radius 2 is 2.11 bits per heavy atom. The topological polar surface area (TPSA) is 49.3 Å². The normalized spacial score (nSPS) is 13.1. The number of carboxylic acid groups (broad SMARTS) is 1. The van der Waals surface area contributed by atoms with Gasteiger partial charge < -0.3 is 10.4 Å². The predicted octanol–water partition coefficient (Wildman–Crippen LogP) is 4.13. The van der Waals surface area contributed by atoms with Crippen LogP contribution in [0.25, 0.3) is 0 Å². The van der Waals surface area contributed by atoms with Crippen LogP contribution >= 0.6 is 15.9 Å². The molecule has 0 saturated carbocycles. The Morgan fingerprint density at radius 1 is 1.47 bits per heavy atom. The van der Waals surface area contributed by atoms with Crippen LogP contribution in [-0.2, 0) is 11.0 Å². The van der Waals surface area contributed by atoms with Crippen LogP contribution in [0.5, 0.6) is 0 Å². The van der Waals surface area contributed by atoms with Gasteiger partial charge >= 0.3 is 12.1 Å². The molecule has 3 nitrogen and oxygen atoms in total. The number of aliphatic carboxylic acids is 1. The minimum absolute atomic E-state index is 0.0558. The molecular formula is C12H13BrF3NO2. The first-order valence-corrected chi connectivity index (χ1v) is 6.34. The number of carbonyl (C=O) groups is 1. The molecule has 0 heterocycles. The fraction of sp³-hybridized carbons (Fsp3) is 0.417. The van der Waals surface area contributed by atoms with E-state index in [2.05, 4.69) is 21.2 Å². The van der Waals surface area contributed by atoms with Crippen LogP contribution in [0.4, 0.5) is 18.9 Å². The van der Waals surface area contributed by atoms with Gasteiger partial charge in [-0.1, -0.05) is 15.9 Å². The number of hydrogen-bond acceptors (Lipinski definition) is 2. The Kier molecular flexibility index (Phi) is 5.22. The van der Waals surface area contributed by atoms with Crippen LogP contribution in [0.3, 0.4) is 0 Å². The number of carboxylic acids is 1. The van der Waals surface area contributed by atoms with E-state index >= 15 is 0 Å². The van der Waals surface area contributed by atoms with E-state index in [4.69, 9.17) is 5.11 Å². The van der Waals surface area contributed by atoms with Gasteiger partial charge in [-0.05, 0) is 31.5 Å². The molecule has 0 radical (unpaired) electrons. The summed E-state index contributed by atoms with van der Waals surface area (Å²) in [6.07, 6.45) is -4.29. The van der Waals surface area contributed by atoms with Crippen LogP contribution in [0, 0.1) is 0 Å². The van der Waals surface area contributed by atoms with Crippen molar-refractivity contribution < 1.29 is 23.1 Å². The minimum atomic E-state index is -4.45. The van der Waals surface area contributed by atoms with Crippen molar-refractivity contribution in [2.75, 3.05) is 5.32 Å². The van der Waals surface area contributed by atoms with Gasteiger partial charge in [0.15, 0.2) is 0 Å². The van der Waals surface area contributed by atoms with E-state index in [1.54, 1.807) is 6.92 Å². The van der Waals surface area contributed by atoms with Gasteiger partial charge in [0.05, 0.1) is 5.56 Å². The third-order valence-electron chi connectivity index (χ3n) is 2.48. The summed E-state index contributed by atoms with van der Waals surface area (Å²) in [5, 5.41) is 11.2. The summed E-state index contributed by atoms with van der Waals surface area (Å²) in [5.74, 6) is -0.973. The Bertz CT molecular complexity index is 463. The second kappa shape index (κ2) is 6.27. The average molecular weight is 340 g/mol. The molecule has 1 atom stereocenters. The minimum Gasteiger partial charge on any atom is -0.481 e. The highest BCUT2D eigenvalue weighted by molar-refractivity contribution is 9.10. The Morgan fingerprint density at radius 3 is 2.63 bits per heavy atom. The Hall–Kier alpha value is -1.24. The van der Waals surface area contributed by atoms with Crippen molar-refractivity contribution >= 4 is 27.6 Å². The maximum atomic E-state index is 12.8. The van der Waals surface area contributed by atoms with Crippen LogP contribution in [0.15, 0.2) is 22.7 Å². The van der Waals surface area contributed by atoms with Crippen molar-refractivity contribution in [3.8, 4) is 0 Å². The molecule has 0 aromatic heterocycles. The van der Waals surface area contributed by atoms with Crippen molar-refractivity contribution in [2.45, 2.75) is 32.0 Å². The zero-order valence-electron chi connectivity index (χ0n) is 10.1. The first-order chi connectivity index (χ1) is 8.70. The third kappa shape index (κ3) is 5.10. The van der Waals surface area contributed by atoms with Crippen molar-refractivity contribution in [1.82, 2.24) is 0 Å². The first-order valence-electron chi connectivity index (χ1n) is 5.55. The summed E-state index contributed by atoms with van der Waals surface area (Å²) < 4.78 is 38.9. The van der Waals surface area contributed by atoms with Gasteiger partial charge in [0.25, 0.3) is 0 Å². The lowest BCUT2D eigenvalue weighted by atomic mass is 10.1. The smallest absolute Gasteiger partial charge is 0.418 e. The number of benzene rings is 1. The van der Waals surface area contributed by atoms with E-state index in [0.717, 1.165) is 6.07 Å². The Balaban J connectivity index is 2.87. The number of halogens is 4. The molecule has 0 fully saturated rings. The zero-order chi connectivity index (χ0) is 14.6. The van der Waals surface area contributed by atoms with Crippen molar-refractivity contribution in [1.29, 1.82) is 0 Å². The van der Waals surface area contributed by atoms with E-state index in [1.165, 1.54) is 12.1 Å². The second-order valence-electron chi connectivity index (χ2n) is 4.17. The highest BCUT2D eigenvalue weighted by Crippen LogP contribution is 2.36. The van der Waals surface area contributed by atoms with E-state index in [1.807, 2.05) is 0 Å². The molecule has 0 aliphatic heterocycles. The first kappa shape index (κ1) is 15.8. The monoisotopic (exact) mass is 339 g/mol. The van der Waals surface area contributed by atoms with E-state index in [0.29, 0.717) is 4.47 Å². The Labute approximate surface area is 116 Å². The number of rotatable bonds is 5. The fourth-order valence-electron chi connectivity index (χ4n) is 1.56. The summed E-state index contributed by atoms with van der Waals surface area (Å²) in [7, 11) is 0. The van der Waals surface area contributed by atoms with Gasteiger partial charge in [-0.15, -0.1) is 0 Å². The second-order valence-corrected chi connectivity index (χ2v) is 5.08. The quantitative estimate of drug-likeness (QED) is 0.847. The lowest BCUT2D eigenvalue weighted by molar-refractivity contribution is -0.138. The fourth-order valence-corrected chi connectivity index (χ4v) is 1.92. The summed E-state index contributed by atoms with van der Waals surface area (Å²) in [6.45, 7) is 1.64. The van der Waals surface area contributed by atoms with Crippen molar-refractivity contribution in [2.24, 2.45) is 0 Å². The molecule has 1 aromatic carbocycles. The van der Waals surface area contributed by atoms with Crippen LogP contribution < -0.4 is 5.32 Å². The summed E-state index contributed by atoms with van der Waals surface area (Å²) in [4.78, 5) is 10.4. The molecule has 0 spiro atoms. The number of hydrogen-bond donors (Lipinski definition) is 2. The maximum absolute atomic E-state index is 12.8. The number of nitrogens with one attached hydrogen (secondary N) is 1. The molecule has 0 saturated heterocycles. The number of alkyl halides is 3. The molecule has 106 valence electrons. The van der Waals surface area contributed by atoms with Gasteiger partial charge in [0.1, 0.15) is 0 Å². The van der Waals surface area contributed by atoms with Crippen LogP contribution in [-0.4, -0.2) is 17.1 Å². The number of anilines is 1. The summed E-state index contributed by atoms with van der Waals surface area (Å²) in [5.41, 5.74) is -0.822. The molecule has 0 aliphatic rings. The van der Waals surface area contributed by atoms with Crippen molar-refractivity contribution in [3.63, 3.8) is 0 Å². The summed E-state index contributed by atoms with van der Waals surface area (Å²) >= 11 is 3.11. The molecule has 0 amide bonds. The van der Waals surface area contributed by atoms with Crippen LogP contribution in [0.1, 0.15) is 25.3 Å². The van der Waals surface area contributed by atoms with E-state index in [-0.39, 0.29) is 24.6 Å². The molecule has 1 rings (SSSR count). The average Bonchev–Trinajstić information content (AvgIpc) is 2.24. The molecule has 19 heavy (non-hydrogen) atoms. The standard InChI is InChI=1S/C12H13BrF3NO2/c1-7(2-5-11(18)19)17-10-6-8(13)3-4-9(10)12(14,15)16/h3-4,6-7,17H,2,5H2,1H3,(H,18,19). The van der Waals surface area contributed by atoms with Gasteiger partial charge in [0, 0.05) is 22.6 Å². The molecular weight excluding hydrogens is 327 g/mol. The predicted molar refractivity (Wildman–Crippen MR) is 69.1 cm³/mol. The van der Waals surface area contributed by atoms with E-state index in [9.17, 15) is 18.0 Å². The van der Waals surface area contributed by atoms with Gasteiger partial charge in [-0.25, -0.2) is 0 Å². The molecule has 7 heteroatoms. The lowest BCUT2D eigenvalue weighted by Crippen LogP contribution is -2.19. The maximum Gasteiger partial charge on any atom is 0.418 e. The molecule has 0 bridgehead atoms. The zero-order valence-corrected chi connectivity index (χ0v) is 11.7. The summed E-state index contributed by atoms with van der Waals surface area (Å²) in [6, 6.07) is 3.26. The van der Waals surface area contributed by atoms with Gasteiger partial charge in [-0.3, -0.25) is 4.79 Å². The van der Waals surface area contributed by atoms with Gasteiger partial charge in [0.2, 0.25) is 0 Å². The molecule has 0 aliphatic carbocycles. The van der Waals surface area contributed by atoms with Crippen LogP contribution in [0.2, 0.25) is 0 Å². The highest BCUT2D eigenvalue weighted by atomic mass is 79.9. The van der Waals surface area contributed by atoms with Gasteiger partial charge in [-0.2, -0.15) is 13.2 Å². The highest BCUT2D eigenvalue weighted by Gasteiger charge is 2.33. The SMILES string of the molecule is CC(CCC(=O)O)Nc1cc(Br)ccc1C(F)(F)F. The van der Waals surface area contributed by atoms with Crippen molar-refractivity contribution in [3.05, 3.63) is 28.2 Å².